The van der Waals surface area contributed by atoms with Gasteiger partial charge in [-0.05, 0) is 25.7 Å². The van der Waals surface area contributed by atoms with E-state index in [-0.39, 0.29) is 23.8 Å². The Morgan fingerprint density at radius 3 is 2.52 bits per heavy atom. The predicted molar refractivity (Wildman–Crippen MR) is 84.5 cm³/mol. The highest BCUT2D eigenvalue weighted by Crippen LogP contribution is 2.41. The van der Waals surface area contributed by atoms with Gasteiger partial charge in [0, 0.05) is 26.1 Å². The number of imide groups is 1. The van der Waals surface area contributed by atoms with Crippen LogP contribution in [-0.2, 0) is 19.8 Å². The molecule has 1 saturated carbocycles. The largest absolute Gasteiger partial charge is 0.282 e. The Balaban J connectivity index is 1.86. The maximum Gasteiger partial charge on any atom is 0.282 e. The normalized spacial score (nSPS) is 31.9. The van der Waals surface area contributed by atoms with E-state index in [1.54, 1.807) is 14.0 Å². The van der Waals surface area contributed by atoms with Crippen LogP contribution in [0.15, 0.2) is 0 Å². The van der Waals surface area contributed by atoms with Crippen molar-refractivity contribution >= 4 is 22.0 Å². The monoisotopic (exact) mass is 343 g/mol. The van der Waals surface area contributed by atoms with E-state index in [9.17, 15) is 18.0 Å². The number of nitrogens with zero attached hydrogens (tertiary/aromatic N) is 3. The van der Waals surface area contributed by atoms with Gasteiger partial charge in [0.15, 0.2) is 0 Å². The van der Waals surface area contributed by atoms with Crippen molar-refractivity contribution in [2.45, 2.75) is 51.6 Å². The molecule has 0 bridgehead atoms. The van der Waals surface area contributed by atoms with E-state index in [1.165, 1.54) is 13.5 Å². The predicted octanol–water partition coefficient (Wildman–Crippen LogP) is 0.431. The van der Waals surface area contributed by atoms with Crippen LogP contribution in [0.4, 0.5) is 0 Å². The van der Waals surface area contributed by atoms with Gasteiger partial charge < -0.3 is 0 Å². The van der Waals surface area contributed by atoms with Crippen LogP contribution in [0.25, 0.3) is 0 Å². The molecular weight excluding hydrogens is 318 g/mol. The number of amides is 2. The van der Waals surface area contributed by atoms with Crippen LogP contribution in [0.3, 0.4) is 0 Å². The quantitative estimate of drug-likeness (QED) is 0.678. The van der Waals surface area contributed by atoms with Gasteiger partial charge >= 0.3 is 0 Å². The third-order valence-electron chi connectivity index (χ3n) is 5.24. The first-order chi connectivity index (χ1) is 10.8. The second-order valence-electron chi connectivity index (χ2n) is 6.90. The zero-order valence-corrected chi connectivity index (χ0v) is 14.8. The van der Waals surface area contributed by atoms with Crippen molar-refractivity contribution in [2.75, 3.05) is 20.1 Å². The highest BCUT2D eigenvalue weighted by Gasteiger charge is 2.58. The molecule has 0 aromatic carbocycles. The molecule has 0 N–H and O–H groups in total. The van der Waals surface area contributed by atoms with Crippen molar-refractivity contribution in [1.82, 2.24) is 13.5 Å². The standard InChI is InChI=1S/C15H25N3O4S/c1-4-8-16(3)23(21,22)17-9-7-12-13(17)10(2)14(19)18(12)15(20)11-5-6-11/h10-13H,4-9H2,1-3H3/t10-,12-,13+/m0/s1. The average Bonchev–Trinajstić information content (AvgIpc) is 3.21. The Hall–Kier alpha value is -0.990. The molecule has 3 fully saturated rings. The first-order valence-corrected chi connectivity index (χ1v) is 9.80. The summed E-state index contributed by atoms with van der Waals surface area (Å²) < 4.78 is 28.3. The molecule has 0 aromatic heterocycles. The Morgan fingerprint density at radius 1 is 1.30 bits per heavy atom. The summed E-state index contributed by atoms with van der Waals surface area (Å²) >= 11 is 0. The Bertz CT molecular complexity index is 616. The van der Waals surface area contributed by atoms with Gasteiger partial charge in [0.1, 0.15) is 0 Å². The van der Waals surface area contributed by atoms with Gasteiger partial charge in [0.2, 0.25) is 11.8 Å². The van der Waals surface area contributed by atoms with Crippen LogP contribution in [0, 0.1) is 11.8 Å². The van der Waals surface area contributed by atoms with Crippen molar-refractivity contribution in [1.29, 1.82) is 0 Å². The molecule has 0 aromatic rings. The van der Waals surface area contributed by atoms with Crippen LogP contribution >= 0.6 is 0 Å². The minimum atomic E-state index is -3.59. The fraction of sp³-hybridized carbons (Fsp3) is 0.867. The highest BCUT2D eigenvalue weighted by molar-refractivity contribution is 7.86. The van der Waals surface area contributed by atoms with E-state index in [2.05, 4.69) is 0 Å². The van der Waals surface area contributed by atoms with Crippen LogP contribution in [0.2, 0.25) is 0 Å². The molecule has 130 valence electrons. The molecular formula is C15H25N3O4S. The first kappa shape index (κ1) is 16.9. The number of rotatable bonds is 5. The maximum absolute atomic E-state index is 12.8. The van der Waals surface area contributed by atoms with Crippen molar-refractivity contribution in [3.63, 3.8) is 0 Å². The third kappa shape index (κ3) is 2.60. The van der Waals surface area contributed by atoms with Crippen molar-refractivity contribution in [2.24, 2.45) is 11.8 Å². The molecule has 2 amide bonds. The lowest BCUT2D eigenvalue weighted by Crippen LogP contribution is -2.48. The summed E-state index contributed by atoms with van der Waals surface area (Å²) in [7, 11) is -2.02. The van der Waals surface area contributed by atoms with E-state index < -0.39 is 22.2 Å². The molecule has 3 atom stereocenters. The van der Waals surface area contributed by atoms with E-state index >= 15 is 0 Å². The molecule has 0 radical (unpaired) electrons. The first-order valence-electron chi connectivity index (χ1n) is 8.40. The number of carbonyl (C=O) groups is 2. The molecule has 0 unspecified atom stereocenters. The fourth-order valence-electron chi connectivity index (χ4n) is 3.84. The smallest absolute Gasteiger partial charge is 0.277 e. The second kappa shape index (κ2) is 5.82. The van der Waals surface area contributed by atoms with Crippen molar-refractivity contribution in [3.8, 4) is 0 Å². The molecule has 0 spiro atoms. The van der Waals surface area contributed by atoms with E-state index in [1.807, 2.05) is 6.92 Å². The maximum atomic E-state index is 12.8. The molecule has 23 heavy (non-hydrogen) atoms. The average molecular weight is 343 g/mol. The van der Waals surface area contributed by atoms with Gasteiger partial charge in [-0.1, -0.05) is 13.8 Å². The lowest BCUT2D eigenvalue weighted by molar-refractivity contribution is -0.145. The van der Waals surface area contributed by atoms with Gasteiger partial charge in [-0.15, -0.1) is 0 Å². The van der Waals surface area contributed by atoms with Crippen LogP contribution in [0.1, 0.15) is 39.5 Å². The summed E-state index contributed by atoms with van der Waals surface area (Å²) in [6.07, 6.45) is 2.96. The third-order valence-corrected chi connectivity index (χ3v) is 7.22. The lowest BCUT2D eigenvalue weighted by atomic mass is 10.0. The van der Waals surface area contributed by atoms with Gasteiger partial charge in [-0.25, -0.2) is 0 Å². The minimum Gasteiger partial charge on any atom is -0.277 e. The topological polar surface area (TPSA) is 78.0 Å². The molecule has 2 heterocycles. The summed E-state index contributed by atoms with van der Waals surface area (Å²) in [6.45, 7) is 4.49. The molecule has 1 aliphatic carbocycles. The molecule has 8 heteroatoms. The number of fused-ring (bicyclic) bond motifs is 1. The van der Waals surface area contributed by atoms with E-state index in [0.717, 1.165) is 19.3 Å². The van der Waals surface area contributed by atoms with Crippen LogP contribution in [0.5, 0.6) is 0 Å². The van der Waals surface area contributed by atoms with E-state index in [0.29, 0.717) is 19.5 Å². The minimum absolute atomic E-state index is 0.0293. The summed E-state index contributed by atoms with van der Waals surface area (Å²) in [6, 6.07) is -0.718. The molecule has 3 rings (SSSR count). The number of hydrogen-bond acceptors (Lipinski definition) is 4. The van der Waals surface area contributed by atoms with Gasteiger partial charge in [0.25, 0.3) is 10.2 Å². The number of carbonyl (C=O) groups excluding carboxylic acids is 2. The molecule has 7 nitrogen and oxygen atoms in total. The van der Waals surface area contributed by atoms with Crippen LogP contribution < -0.4 is 0 Å². The van der Waals surface area contributed by atoms with Crippen molar-refractivity contribution < 1.29 is 18.0 Å². The summed E-state index contributed by atoms with van der Waals surface area (Å²) in [5.41, 5.74) is 0. The second-order valence-corrected chi connectivity index (χ2v) is 8.88. The SMILES string of the molecule is CCCN(C)S(=O)(=O)N1CC[C@H]2[C@H]1[C@H](C)C(=O)N2C(=O)C1CC1. The summed E-state index contributed by atoms with van der Waals surface area (Å²) in [5, 5.41) is 0. The Morgan fingerprint density at radius 2 is 1.96 bits per heavy atom. The lowest BCUT2D eigenvalue weighted by Gasteiger charge is -2.29. The van der Waals surface area contributed by atoms with Gasteiger partial charge in [0.05, 0.1) is 18.0 Å². The number of hydrogen-bond donors (Lipinski definition) is 0. The molecule has 2 aliphatic heterocycles. The highest BCUT2D eigenvalue weighted by atomic mass is 32.2. The zero-order chi connectivity index (χ0) is 16.9. The van der Waals surface area contributed by atoms with Crippen LogP contribution in [-0.4, -0.2) is 66.0 Å². The Kier molecular flexibility index (Phi) is 4.27. The van der Waals surface area contributed by atoms with E-state index in [4.69, 9.17) is 0 Å². The Labute approximate surface area is 137 Å². The van der Waals surface area contributed by atoms with Crippen molar-refractivity contribution in [3.05, 3.63) is 0 Å². The zero-order valence-electron chi connectivity index (χ0n) is 13.9. The molecule has 3 aliphatic rings. The summed E-state index contributed by atoms with van der Waals surface area (Å²) in [5.74, 6) is -0.807. The summed E-state index contributed by atoms with van der Waals surface area (Å²) in [4.78, 5) is 26.3. The number of likely N-dealkylation sites (tertiary alicyclic amines) is 1. The van der Waals surface area contributed by atoms with Gasteiger partial charge in [-0.2, -0.15) is 17.0 Å². The van der Waals surface area contributed by atoms with Gasteiger partial charge in [-0.3, -0.25) is 14.5 Å². The molecule has 2 saturated heterocycles. The fourth-order valence-corrected chi connectivity index (χ4v) is 5.58.